The highest BCUT2D eigenvalue weighted by Gasteiger charge is 2.31. The molecule has 17 heavy (non-hydrogen) atoms. The molecule has 2 aliphatic heterocycles. The maximum Gasteiger partial charge on any atom is 0.297 e. The molecular formula is C12H17N2O2S+. The fraction of sp³-hybridized carbons (Fsp3) is 0.500. The van der Waals surface area contributed by atoms with Crippen LogP contribution in [0.25, 0.3) is 0 Å². The molecule has 1 atom stereocenters. The first-order valence-corrected chi connectivity index (χ1v) is 6.31. The predicted molar refractivity (Wildman–Crippen MR) is 68.2 cm³/mol. The van der Waals surface area contributed by atoms with Gasteiger partial charge in [0.1, 0.15) is 5.70 Å². The minimum atomic E-state index is -0.134. The highest BCUT2D eigenvalue weighted by atomic mass is 32.1. The number of thiocarbonyl (C=S) groups is 1. The summed E-state index contributed by atoms with van der Waals surface area (Å²) in [5.74, 6) is 0.203. The highest BCUT2D eigenvalue weighted by molar-refractivity contribution is 7.80. The normalized spacial score (nSPS) is 29.5. The van der Waals surface area contributed by atoms with Crippen molar-refractivity contribution in [3.8, 4) is 0 Å². The summed E-state index contributed by atoms with van der Waals surface area (Å²) in [5, 5.41) is 0.259. The summed E-state index contributed by atoms with van der Waals surface area (Å²) in [7, 11) is 2.14. The van der Waals surface area contributed by atoms with E-state index in [0.717, 1.165) is 13.0 Å². The van der Waals surface area contributed by atoms with Crippen molar-refractivity contribution in [3.05, 3.63) is 23.6 Å². The van der Waals surface area contributed by atoms with Crippen LogP contribution in [-0.4, -0.2) is 36.1 Å². The van der Waals surface area contributed by atoms with Gasteiger partial charge < -0.3 is 9.64 Å². The van der Waals surface area contributed by atoms with Gasteiger partial charge in [0.25, 0.3) is 11.1 Å². The Bertz CT molecular complexity index is 415. The third-order valence-electron chi connectivity index (χ3n) is 3.17. The molecule has 1 amide bonds. The van der Waals surface area contributed by atoms with Crippen LogP contribution in [-0.2, 0) is 9.53 Å². The second-order valence-electron chi connectivity index (χ2n) is 4.27. The lowest BCUT2D eigenvalue weighted by atomic mass is 10.3. The lowest BCUT2D eigenvalue weighted by Crippen LogP contribution is -3.04. The van der Waals surface area contributed by atoms with E-state index >= 15 is 0 Å². The van der Waals surface area contributed by atoms with Crippen LogP contribution in [0.15, 0.2) is 23.6 Å². The van der Waals surface area contributed by atoms with Gasteiger partial charge in [-0.1, -0.05) is 0 Å². The Kier molecular flexibility index (Phi) is 3.59. The van der Waals surface area contributed by atoms with Gasteiger partial charge in [-0.25, -0.2) is 0 Å². The first kappa shape index (κ1) is 12.3. The van der Waals surface area contributed by atoms with Gasteiger partial charge in [0.2, 0.25) is 0 Å². The molecule has 0 aromatic heterocycles. The Morgan fingerprint density at radius 1 is 1.53 bits per heavy atom. The largest absolute Gasteiger partial charge is 0.426 e. The van der Waals surface area contributed by atoms with Gasteiger partial charge in [0.15, 0.2) is 5.76 Å². The summed E-state index contributed by atoms with van der Waals surface area (Å²) in [5.41, 5.74) is 1.31. The third-order valence-corrected chi connectivity index (χ3v) is 3.48. The Morgan fingerprint density at radius 2 is 2.29 bits per heavy atom. The fourth-order valence-corrected chi connectivity index (χ4v) is 2.41. The van der Waals surface area contributed by atoms with Crippen molar-refractivity contribution in [1.29, 1.82) is 0 Å². The number of hydrogen-bond acceptors (Lipinski definition) is 3. The molecule has 1 N–H and O–H groups in total. The Hall–Kier alpha value is -1.20. The molecule has 2 aliphatic rings. The molecule has 0 bridgehead atoms. The Balaban J connectivity index is 2.13. The number of allylic oxidation sites excluding steroid dienone is 3. The van der Waals surface area contributed by atoms with Crippen molar-refractivity contribution in [2.45, 2.75) is 19.8 Å². The molecule has 2 rings (SSSR count). The smallest absolute Gasteiger partial charge is 0.297 e. The van der Waals surface area contributed by atoms with Gasteiger partial charge in [-0.2, -0.15) is 0 Å². The van der Waals surface area contributed by atoms with E-state index < -0.39 is 0 Å². The standard InChI is InChI=1S/C12H16N2O2S/c1-3-14-11(15)10(16-12(14)17)7-6-9-5-4-8-13(9)2/h6-7H,3-5,8H2,1-2H3/p+1/b9-6-,10-7-. The van der Waals surface area contributed by atoms with E-state index in [1.54, 1.807) is 6.08 Å². The van der Waals surface area contributed by atoms with Crippen LogP contribution in [0.3, 0.4) is 0 Å². The summed E-state index contributed by atoms with van der Waals surface area (Å²) in [6, 6.07) is 0. The van der Waals surface area contributed by atoms with E-state index in [1.807, 2.05) is 13.0 Å². The zero-order chi connectivity index (χ0) is 12.4. The quantitative estimate of drug-likeness (QED) is 0.565. The molecule has 92 valence electrons. The summed E-state index contributed by atoms with van der Waals surface area (Å²) in [4.78, 5) is 14.7. The minimum Gasteiger partial charge on any atom is -0.426 e. The maximum atomic E-state index is 11.8. The molecule has 2 heterocycles. The second kappa shape index (κ2) is 4.98. The number of nitrogens with one attached hydrogen (secondary N) is 1. The average molecular weight is 253 g/mol. The summed E-state index contributed by atoms with van der Waals surface area (Å²) < 4.78 is 5.29. The SMILES string of the molecule is CCN1C(=O)/C(=C/C=C2/CCC[NH+]2C)OC1=S. The van der Waals surface area contributed by atoms with Gasteiger partial charge in [0.05, 0.1) is 13.6 Å². The molecule has 0 aliphatic carbocycles. The zero-order valence-electron chi connectivity index (χ0n) is 10.2. The fourth-order valence-electron chi connectivity index (χ4n) is 2.11. The number of quaternary nitrogens is 1. The van der Waals surface area contributed by atoms with Crippen LogP contribution in [0, 0.1) is 0 Å². The molecule has 5 heteroatoms. The van der Waals surface area contributed by atoms with Gasteiger partial charge in [0, 0.05) is 19.4 Å². The summed E-state index contributed by atoms with van der Waals surface area (Å²) in [6.07, 6.45) is 6.02. The van der Waals surface area contributed by atoms with Gasteiger partial charge in [-0.3, -0.25) is 9.69 Å². The number of ether oxygens (including phenoxy) is 1. The molecular weight excluding hydrogens is 236 g/mol. The maximum absolute atomic E-state index is 11.8. The lowest BCUT2D eigenvalue weighted by molar-refractivity contribution is -0.828. The first-order valence-electron chi connectivity index (χ1n) is 5.90. The summed E-state index contributed by atoms with van der Waals surface area (Å²) >= 11 is 4.98. The van der Waals surface area contributed by atoms with Gasteiger partial charge in [-0.05, 0) is 31.3 Å². The molecule has 4 nitrogen and oxygen atoms in total. The van der Waals surface area contributed by atoms with Crippen molar-refractivity contribution in [2.75, 3.05) is 20.1 Å². The Morgan fingerprint density at radius 3 is 2.82 bits per heavy atom. The second-order valence-corrected chi connectivity index (χ2v) is 4.62. The number of rotatable bonds is 2. The number of likely N-dealkylation sites (tertiary alicyclic amines) is 1. The van der Waals surface area contributed by atoms with Crippen LogP contribution in [0.4, 0.5) is 0 Å². The van der Waals surface area contributed by atoms with Crippen LogP contribution in [0.2, 0.25) is 0 Å². The molecule has 0 aromatic carbocycles. The molecule has 2 saturated heterocycles. The molecule has 2 fully saturated rings. The highest BCUT2D eigenvalue weighted by Crippen LogP contribution is 2.17. The van der Waals surface area contributed by atoms with Crippen LogP contribution in [0.5, 0.6) is 0 Å². The van der Waals surface area contributed by atoms with E-state index in [9.17, 15) is 4.79 Å². The van der Waals surface area contributed by atoms with Crippen molar-refractivity contribution >= 4 is 23.3 Å². The molecule has 0 aromatic rings. The third kappa shape index (κ3) is 2.40. The molecule has 0 radical (unpaired) electrons. The molecule has 1 unspecified atom stereocenters. The number of carbonyl (C=O) groups is 1. The van der Waals surface area contributed by atoms with Crippen LogP contribution < -0.4 is 4.90 Å². The van der Waals surface area contributed by atoms with Gasteiger partial charge >= 0.3 is 0 Å². The summed E-state index contributed by atoms with van der Waals surface area (Å²) in [6.45, 7) is 3.59. The first-order chi connectivity index (χ1) is 8.13. The number of hydrogen-bond donors (Lipinski definition) is 1. The predicted octanol–water partition coefficient (Wildman–Crippen LogP) is 0.226. The van der Waals surface area contributed by atoms with Crippen molar-refractivity contribution < 1.29 is 14.4 Å². The zero-order valence-corrected chi connectivity index (χ0v) is 11.0. The average Bonchev–Trinajstić information content (AvgIpc) is 2.81. The van der Waals surface area contributed by atoms with Crippen LogP contribution in [0.1, 0.15) is 19.8 Å². The van der Waals surface area contributed by atoms with Crippen molar-refractivity contribution in [1.82, 2.24) is 4.90 Å². The van der Waals surface area contributed by atoms with E-state index in [-0.39, 0.29) is 11.1 Å². The van der Waals surface area contributed by atoms with Crippen LogP contribution >= 0.6 is 12.2 Å². The molecule has 0 saturated carbocycles. The van der Waals surface area contributed by atoms with E-state index in [0.29, 0.717) is 12.3 Å². The Labute approximate surface area is 107 Å². The number of amides is 1. The minimum absolute atomic E-state index is 0.134. The van der Waals surface area contributed by atoms with E-state index in [4.69, 9.17) is 17.0 Å². The monoisotopic (exact) mass is 253 g/mol. The van der Waals surface area contributed by atoms with Gasteiger partial charge in [-0.15, -0.1) is 0 Å². The van der Waals surface area contributed by atoms with Crippen molar-refractivity contribution in [2.24, 2.45) is 0 Å². The van der Waals surface area contributed by atoms with E-state index in [2.05, 4.69) is 7.05 Å². The number of carbonyl (C=O) groups excluding carboxylic acids is 1. The molecule has 0 spiro atoms. The topological polar surface area (TPSA) is 34.0 Å². The van der Waals surface area contributed by atoms with E-state index in [1.165, 1.54) is 21.9 Å². The van der Waals surface area contributed by atoms with Crippen molar-refractivity contribution in [3.63, 3.8) is 0 Å². The number of nitrogens with zero attached hydrogens (tertiary/aromatic N) is 1. The number of likely N-dealkylation sites (N-methyl/N-ethyl adjacent to an activating group) is 1. The lowest BCUT2D eigenvalue weighted by Gasteiger charge is -2.06.